The summed E-state index contributed by atoms with van der Waals surface area (Å²) in [6, 6.07) is 14.6. The summed E-state index contributed by atoms with van der Waals surface area (Å²) < 4.78 is 43.7. The highest BCUT2D eigenvalue weighted by molar-refractivity contribution is 6.06. The average Bonchev–Trinajstić information content (AvgIpc) is 3.32. The Labute approximate surface area is 224 Å². The fraction of sp³-hybridized carbons (Fsp3) is 0.276. The van der Waals surface area contributed by atoms with Gasteiger partial charge >= 0.3 is 6.18 Å². The molecule has 200 valence electrons. The topological polar surface area (TPSA) is 65.8 Å². The van der Waals surface area contributed by atoms with Crippen LogP contribution in [0.4, 0.5) is 18.9 Å². The van der Waals surface area contributed by atoms with Gasteiger partial charge in [-0.3, -0.25) is 14.1 Å². The summed E-state index contributed by atoms with van der Waals surface area (Å²) in [4.78, 5) is 17.4. The third-order valence-electron chi connectivity index (χ3n) is 6.71. The number of nitrogens with one attached hydrogen (secondary N) is 1. The first-order valence-electron chi connectivity index (χ1n) is 12.5. The van der Waals surface area contributed by atoms with E-state index in [2.05, 4.69) is 32.3 Å². The maximum atomic E-state index is 14.0. The molecule has 0 spiro atoms. The number of likely N-dealkylation sites (N-methyl/N-ethyl adjacent to an activating group) is 1. The lowest BCUT2D eigenvalue weighted by Crippen LogP contribution is -2.44. The Hall–Kier alpha value is -4.20. The Morgan fingerprint density at radius 1 is 1.00 bits per heavy atom. The van der Waals surface area contributed by atoms with Crippen LogP contribution < -0.4 is 5.32 Å². The van der Waals surface area contributed by atoms with Crippen LogP contribution in [0.5, 0.6) is 0 Å². The molecule has 0 atom stereocenters. The van der Waals surface area contributed by atoms with Gasteiger partial charge in [-0.05, 0) is 67.4 Å². The number of rotatable bonds is 4. The van der Waals surface area contributed by atoms with Crippen molar-refractivity contribution in [3.63, 3.8) is 0 Å². The van der Waals surface area contributed by atoms with Crippen LogP contribution >= 0.6 is 0 Å². The monoisotopic (exact) mass is 532 g/mol. The van der Waals surface area contributed by atoms with Gasteiger partial charge in [0.05, 0.1) is 11.1 Å². The SMILES string of the molecule is Cc1ccc(C(=O)Nc2ccc(CN3CCN(C)CC3)c(C(F)(F)F)c2)c(C#Cc2nnc3ccccn23)c1. The van der Waals surface area contributed by atoms with Gasteiger partial charge in [-0.1, -0.05) is 24.1 Å². The van der Waals surface area contributed by atoms with Gasteiger partial charge in [0.15, 0.2) is 5.65 Å². The highest BCUT2D eigenvalue weighted by Crippen LogP contribution is 2.34. The van der Waals surface area contributed by atoms with Crippen LogP contribution in [0.2, 0.25) is 0 Å². The van der Waals surface area contributed by atoms with Crippen LogP contribution in [-0.2, 0) is 12.7 Å². The van der Waals surface area contributed by atoms with Crippen LogP contribution in [0.15, 0.2) is 60.8 Å². The van der Waals surface area contributed by atoms with Gasteiger partial charge < -0.3 is 10.2 Å². The quantitative estimate of drug-likeness (QED) is 0.394. The second-order valence-corrected chi connectivity index (χ2v) is 9.65. The fourth-order valence-corrected chi connectivity index (χ4v) is 4.51. The predicted octanol–water partition coefficient (Wildman–Crippen LogP) is 4.46. The van der Waals surface area contributed by atoms with E-state index in [9.17, 15) is 18.0 Å². The van der Waals surface area contributed by atoms with E-state index in [1.54, 1.807) is 34.9 Å². The molecule has 10 heteroatoms. The summed E-state index contributed by atoms with van der Waals surface area (Å²) >= 11 is 0. The van der Waals surface area contributed by atoms with Crippen molar-refractivity contribution >= 4 is 17.2 Å². The van der Waals surface area contributed by atoms with Gasteiger partial charge in [0.1, 0.15) is 0 Å². The lowest BCUT2D eigenvalue weighted by Gasteiger charge is -2.33. The fourth-order valence-electron chi connectivity index (χ4n) is 4.51. The van der Waals surface area contributed by atoms with E-state index in [4.69, 9.17) is 0 Å². The summed E-state index contributed by atoms with van der Waals surface area (Å²) in [6.45, 7) is 5.09. The first-order chi connectivity index (χ1) is 18.7. The molecule has 2 aromatic heterocycles. The highest BCUT2D eigenvalue weighted by Gasteiger charge is 2.34. The highest BCUT2D eigenvalue weighted by atomic mass is 19.4. The summed E-state index contributed by atoms with van der Waals surface area (Å²) in [5, 5.41) is 10.8. The smallest absolute Gasteiger partial charge is 0.322 e. The Balaban J connectivity index is 1.40. The predicted molar refractivity (Wildman–Crippen MR) is 142 cm³/mol. The van der Waals surface area contributed by atoms with E-state index >= 15 is 0 Å². The first-order valence-corrected chi connectivity index (χ1v) is 12.5. The number of alkyl halides is 3. The number of carbonyl (C=O) groups excluding carboxylic acids is 1. The number of anilines is 1. The second-order valence-electron chi connectivity index (χ2n) is 9.65. The molecule has 1 saturated heterocycles. The number of fused-ring (bicyclic) bond motifs is 1. The molecule has 2 aromatic carbocycles. The maximum Gasteiger partial charge on any atom is 0.416 e. The molecule has 0 saturated carbocycles. The third-order valence-corrected chi connectivity index (χ3v) is 6.71. The van der Waals surface area contributed by atoms with Gasteiger partial charge in [0.25, 0.3) is 5.91 Å². The molecule has 0 unspecified atom stereocenters. The van der Waals surface area contributed by atoms with E-state index < -0.39 is 17.6 Å². The second kappa shape index (κ2) is 10.9. The average molecular weight is 533 g/mol. The molecule has 4 aromatic rings. The Bertz CT molecular complexity index is 1580. The van der Waals surface area contributed by atoms with Crippen LogP contribution in [0.1, 0.15) is 38.4 Å². The molecular weight excluding hydrogens is 505 g/mol. The van der Waals surface area contributed by atoms with Crippen LogP contribution in [0.3, 0.4) is 0 Å². The van der Waals surface area contributed by atoms with Gasteiger partial charge in [-0.2, -0.15) is 13.2 Å². The molecule has 7 nitrogen and oxygen atoms in total. The van der Waals surface area contributed by atoms with Crippen LogP contribution in [-0.4, -0.2) is 63.5 Å². The minimum atomic E-state index is -4.55. The lowest BCUT2D eigenvalue weighted by molar-refractivity contribution is -0.138. The summed E-state index contributed by atoms with van der Waals surface area (Å²) in [7, 11) is 2.00. The molecule has 0 aliphatic carbocycles. The van der Waals surface area contributed by atoms with Gasteiger partial charge in [-0.25, -0.2) is 0 Å². The zero-order chi connectivity index (χ0) is 27.6. The van der Waals surface area contributed by atoms with E-state index in [0.717, 1.165) is 24.7 Å². The Kier molecular flexibility index (Phi) is 7.37. The molecule has 1 aliphatic rings. The van der Waals surface area contributed by atoms with Crippen LogP contribution in [0, 0.1) is 18.8 Å². The molecule has 1 amide bonds. The minimum absolute atomic E-state index is 0.0670. The molecule has 0 radical (unpaired) electrons. The molecule has 3 heterocycles. The zero-order valence-electron chi connectivity index (χ0n) is 21.6. The van der Waals surface area contributed by atoms with E-state index in [-0.39, 0.29) is 23.4 Å². The van der Waals surface area contributed by atoms with Crippen molar-refractivity contribution in [2.75, 3.05) is 38.5 Å². The third kappa shape index (κ3) is 6.11. The Morgan fingerprint density at radius 3 is 2.56 bits per heavy atom. The number of aryl methyl sites for hydroxylation is 1. The molecular formula is C29H27F3N6O. The maximum absolute atomic E-state index is 14.0. The number of carbonyl (C=O) groups is 1. The van der Waals surface area contributed by atoms with E-state index in [1.807, 2.05) is 31.0 Å². The van der Waals surface area contributed by atoms with Crippen molar-refractivity contribution in [2.45, 2.75) is 19.6 Å². The molecule has 39 heavy (non-hydrogen) atoms. The first kappa shape index (κ1) is 26.4. The summed E-state index contributed by atoms with van der Waals surface area (Å²) in [5.74, 6) is 5.79. The van der Waals surface area contributed by atoms with Crippen molar-refractivity contribution in [3.05, 3.63) is 94.4 Å². The normalized spacial score (nSPS) is 14.7. The summed E-state index contributed by atoms with van der Waals surface area (Å²) in [5.41, 5.74) is 1.71. The molecule has 1 fully saturated rings. The number of amides is 1. The Morgan fingerprint density at radius 2 is 1.79 bits per heavy atom. The van der Waals surface area contributed by atoms with Gasteiger partial charge in [-0.15, -0.1) is 10.2 Å². The van der Waals surface area contributed by atoms with Crippen molar-refractivity contribution in [1.29, 1.82) is 0 Å². The van der Waals surface area contributed by atoms with Gasteiger partial charge in [0, 0.05) is 50.2 Å². The number of hydrogen-bond donors (Lipinski definition) is 1. The minimum Gasteiger partial charge on any atom is -0.322 e. The number of hydrogen-bond acceptors (Lipinski definition) is 5. The van der Waals surface area contributed by atoms with Crippen molar-refractivity contribution in [2.24, 2.45) is 0 Å². The largest absolute Gasteiger partial charge is 0.416 e. The number of aromatic nitrogens is 3. The molecule has 0 bridgehead atoms. The standard InChI is InChI=1S/C29H27F3N6O/c1-20-6-10-24(21(17-20)8-11-27-35-34-26-5-3-4-12-38(26)27)28(39)33-23-9-7-22(25(18-23)29(30,31)32)19-37-15-13-36(2)14-16-37/h3-7,9-10,12,17-18H,13-16,19H2,1-2H3,(H,33,39). The van der Waals surface area contributed by atoms with Crippen LogP contribution in [0.25, 0.3) is 5.65 Å². The van der Waals surface area contributed by atoms with E-state index in [0.29, 0.717) is 30.1 Å². The molecule has 1 aliphatic heterocycles. The number of piperazine rings is 1. The number of pyridine rings is 1. The lowest BCUT2D eigenvalue weighted by atomic mass is 10.0. The van der Waals surface area contributed by atoms with Gasteiger partial charge in [0.2, 0.25) is 5.82 Å². The summed E-state index contributed by atoms with van der Waals surface area (Å²) in [6.07, 6.45) is -2.76. The van der Waals surface area contributed by atoms with Crippen molar-refractivity contribution in [3.8, 4) is 11.8 Å². The molecule has 1 N–H and O–H groups in total. The van der Waals surface area contributed by atoms with Crippen molar-refractivity contribution in [1.82, 2.24) is 24.4 Å². The van der Waals surface area contributed by atoms with Crippen molar-refractivity contribution < 1.29 is 18.0 Å². The molecule has 5 rings (SSSR count). The number of nitrogens with zero attached hydrogens (tertiary/aromatic N) is 5. The van der Waals surface area contributed by atoms with E-state index in [1.165, 1.54) is 12.1 Å². The zero-order valence-corrected chi connectivity index (χ0v) is 21.6. The number of halogens is 3. The number of benzene rings is 2.